The van der Waals surface area contributed by atoms with E-state index in [-0.39, 0.29) is 25.1 Å². The Hall–Kier alpha value is -1.85. The zero-order valence-electron chi connectivity index (χ0n) is 15.6. The molecule has 2 fully saturated rings. The van der Waals surface area contributed by atoms with Gasteiger partial charge in [-0.15, -0.1) is 0 Å². The topological polar surface area (TPSA) is 92.2 Å². The van der Waals surface area contributed by atoms with Crippen molar-refractivity contribution in [1.29, 1.82) is 0 Å². The molecule has 154 valence electrons. The normalized spacial score (nSPS) is 29.8. The molecule has 0 amide bonds. The van der Waals surface area contributed by atoms with Crippen LogP contribution in [0.4, 0.5) is 14.7 Å². The summed E-state index contributed by atoms with van der Waals surface area (Å²) in [5, 5.41) is 6.82. The van der Waals surface area contributed by atoms with E-state index in [4.69, 9.17) is 0 Å². The van der Waals surface area contributed by atoms with Crippen LogP contribution in [0.25, 0.3) is 11.0 Å². The van der Waals surface area contributed by atoms with Gasteiger partial charge in [-0.3, -0.25) is 0 Å². The van der Waals surface area contributed by atoms with Crippen molar-refractivity contribution in [3.8, 4) is 0 Å². The number of fused-ring (bicyclic) bond motifs is 1. The molecule has 0 unspecified atom stereocenters. The summed E-state index contributed by atoms with van der Waals surface area (Å²) < 4.78 is 55.0. The first-order chi connectivity index (χ1) is 13.3. The summed E-state index contributed by atoms with van der Waals surface area (Å²) in [4.78, 5) is 8.74. The molecule has 0 aliphatic carbocycles. The molecule has 0 radical (unpaired) electrons. The molecule has 2 aromatic rings. The lowest BCUT2D eigenvalue weighted by molar-refractivity contribution is 0.186. The van der Waals surface area contributed by atoms with Crippen LogP contribution in [0.3, 0.4) is 0 Å². The third-order valence-electron chi connectivity index (χ3n) is 5.47. The summed E-state index contributed by atoms with van der Waals surface area (Å²) in [6.07, 6.45) is 3.13. The third-order valence-corrected chi connectivity index (χ3v) is 6.74. The molecule has 2 saturated heterocycles. The monoisotopic (exact) mass is 414 g/mol. The van der Waals surface area contributed by atoms with Crippen molar-refractivity contribution in [3.63, 3.8) is 0 Å². The SMILES string of the molecule is CS(=O)(=O)N1CC[C@@H](Nc2ncc3ccn([C@H]4CCNC[C@@H]4F)c3n2)[C@H](F)C1. The highest BCUT2D eigenvalue weighted by Gasteiger charge is 2.34. The first kappa shape index (κ1) is 19.5. The summed E-state index contributed by atoms with van der Waals surface area (Å²) >= 11 is 0. The highest BCUT2D eigenvalue weighted by Crippen LogP contribution is 2.27. The van der Waals surface area contributed by atoms with Gasteiger partial charge in [0.1, 0.15) is 18.0 Å². The van der Waals surface area contributed by atoms with Crippen LogP contribution in [0, 0.1) is 0 Å². The number of nitrogens with one attached hydrogen (secondary N) is 2. The molecular formula is C17H24F2N6O2S. The largest absolute Gasteiger partial charge is 0.348 e. The predicted octanol–water partition coefficient (Wildman–Crippen LogP) is 1.09. The van der Waals surface area contributed by atoms with E-state index in [1.807, 2.05) is 16.8 Å². The molecule has 0 aromatic carbocycles. The Morgan fingerprint density at radius 2 is 2.11 bits per heavy atom. The number of anilines is 1. The number of sulfonamides is 1. The number of aromatic nitrogens is 3. The van der Waals surface area contributed by atoms with Gasteiger partial charge in [0.25, 0.3) is 0 Å². The Balaban J connectivity index is 1.53. The minimum absolute atomic E-state index is 0.187. The number of hydrogen-bond donors (Lipinski definition) is 2. The molecular weight excluding hydrogens is 390 g/mol. The van der Waals surface area contributed by atoms with Gasteiger partial charge in [0.2, 0.25) is 16.0 Å². The molecule has 4 rings (SSSR count). The van der Waals surface area contributed by atoms with E-state index < -0.39 is 28.4 Å². The van der Waals surface area contributed by atoms with E-state index in [1.54, 1.807) is 6.20 Å². The number of rotatable bonds is 4. The van der Waals surface area contributed by atoms with Crippen LogP contribution in [-0.4, -0.2) is 78.1 Å². The minimum Gasteiger partial charge on any atom is -0.348 e. The van der Waals surface area contributed by atoms with Gasteiger partial charge in [-0.1, -0.05) is 0 Å². The molecule has 8 nitrogen and oxygen atoms in total. The molecule has 2 aliphatic rings. The summed E-state index contributed by atoms with van der Waals surface area (Å²) in [5.74, 6) is 0.261. The van der Waals surface area contributed by atoms with Crippen molar-refractivity contribution in [2.45, 2.75) is 37.3 Å². The zero-order chi connectivity index (χ0) is 19.9. The van der Waals surface area contributed by atoms with Crippen molar-refractivity contribution in [2.75, 3.05) is 37.8 Å². The second kappa shape index (κ2) is 7.53. The maximum Gasteiger partial charge on any atom is 0.224 e. The van der Waals surface area contributed by atoms with Crippen LogP contribution in [0.2, 0.25) is 0 Å². The molecule has 4 atom stereocenters. The molecule has 11 heteroatoms. The van der Waals surface area contributed by atoms with Gasteiger partial charge in [-0.2, -0.15) is 9.29 Å². The van der Waals surface area contributed by atoms with Gasteiger partial charge >= 0.3 is 0 Å². The fraction of sp³-hybridized carbons (Fsp3) is 0.647. The van der Waals surface area contributed by atoms with Crippen LogP contribution >= 0.6 is 0 Å². The van der Waals surface area contributed by atoms with Crippen molar-refractivity contribution in [1.82, 2.24) is 24.2 Å². The maximum atomic E-state index is 14.5. The average molecular weight is 414 g/mol. The number of piperidine rings is 2. The van der Waals surface area contributed by atoms with Gasteiger partial charge in [0.05, 0.1) is 18.3 Å². The third kappa shape index (κ3) is 3.83. The van der Waals surface area contributed by atoms with E-state index in [1.165, 1.54) is 0 Å². The fourth-order valence-electron chi connectivity index (χ4n) is 3.90. The fourth-order valence-corrected chi connectivity index (χ4v) is 4.75. The Kier molecular flexibility index (Phi) is 5.23. The van der Waals surface area contributed by atoms with E-state index in [0.717, 1.165) is 22.5 Å². The number of nitrogens with zero attached hydrogens (tertiary/aromatic N) is 4. The summed E-state index contributed by atoms with van der Waals surface area (Å²) in [5.41, 5.74) is 0.607. The van der Waals surface area contributed by atoms with Crippen LogP contribution in [0.1, 0.15) is 18.9 Å². The standard InChI is InChI=1S/C17H24F2N6O2S/c1-28(26,27)24-6-4-14(13(19)10-24)22-17-21-8-11-3-7-25(16(11)23-17)15-2-5-20-9-12(15)18/h3,7-8,12-15,20H,2,4-6,9-10H2,1H3,(H,21,22,23)/t12-,13+,14+,15-/m0/s1. The summed E-state index contributed by atoms with van der Waals surface area (Å²) in [6, 6.07) is 0.969. The van der Waals surface area contributed by atoms with E-state index >= 15 is 0 Å². The van der Waals surface area contributed by atoms with Gasteiger partial charge in [-0.05, 0) is 25.5 Å². The maximum absolute atomic E-state index is 14.5. The number of halogens is 2. The Morgan fingerprint density at radius 3 is 2.82 bits per heavy atom. The molecule has 4 heterocycles. The van der Waals surface area contributed by atoms with Crippen LogP contribution in [0.5, 0.6) is 0 Å². The van der Waals surface area contributed by atoms with E-state index in [2.05, 4.69) is 20.6 Å². The molecule has 0 bridgehead atoms. The lowest BCUT2D eigenvalue weighted by Gasteiger charge is -2.33. The van der Waals surface area contributed by atoms with Gasteiger partial charge in [-0.25, -0.2) is 22.2 Å². The number of alkyl halides is 2. The van der Waals surface area contributed by atoms with Crippen molar-refractivity contribution in [3.05, 3.63) is 18.5 Å². The molecule has 0 spiro atoms. The molecule has 2 aliphatic heterocycles. The highest BCUT2D eigenvalue weighted by atomic mass is 32.2. The van der Waals surface area contributed by atoms with Crippen LogP contribution in [0.15, 0.2) is 18.5 Å². The van der Waals surface area contributed by atoms with Crippen molar-refractivity contribution in [2.24, 2.45) is 0 Å². The number of hydrogen-bond acceptors (Lipinski definition) is 6. The predicted molar refractivity (Wildman–Crippen MR) is 102 cm³/mol. The average Bonchev–Trinajstić information content (AvgIpc) is 3.06. The molecule has 0 saturated carbocycles. The summed E-state index contributed by atoms with van der Waals surface area (Å²) in [6.45, 7) is 1.11. The lowest BCUT2D eigenvalue weighted by atomic mass is 10.0. The molecule has 2 aromatic heterocycles. The second-order valence-electron chi connectivity index (χ2n) is 7.45. The first-order valence-electron chi connectivity index (χ1n) is 9.37. The minimum atomic E-state index is -3.41. The van der Waals surface area contributed by atoms with Gasteiger partial charge < -0.3 is 15.2 Å². The molecule has 2 N–H and O–H groups in total. The van der Waals surface area contributed by atoms with Crippen molar-refractivity contribution >= 4 is 27.0 Å². The Labute approximate surface area is 162 Å². The Morgan fingerprint density at radius 1 is 1.29 bits per heavy atom. The second-order valence-corrected chi connectivity index (χ2v) is 9.43. The van der Waals surface area contributed by atoms with Crippen molar-refractivity contribution < 1.29 is 17.2 Å². The van der Waals surface area contributed by atoms with E-state index in [0.29, 0.717) is 25.0 Å². The van der Waals surface area contributed by atoms with E-state index in [9.17, 15) is 17.2 Å². The summed E-state index contributed by atoms with van der Waals surface area (Å²) in [7, 11) is -3.41. The quantitative estimate of drug-likeness (QED) is 0.778. The first-order valence-corrected chi connectivity index (χ1v) is 11.2. The smallest absolute Gasteiger partial charge is 0.224 e. The highest BCUT2D eigenvalue weighted by molar-refractivity contribution is 7.88. The molecule has 28 heavy (non-hydrogen) atoms. The van der Waals surface area contributed by atoms with Crippen LogP contribution < -0.4 is 10.6 Å². The van der Waals surface area contributed by atoms with Gasteiger partial charge in [0.15, 0.2) is 0 Å². The van der Waals surface area contributed by atoms with Crippen LogP contribution in [-0.2, 0) is 10.0 Å². The van der Waals surface area contributed by atoms with Gasteiger partial charge in [0, 0.05) is 37.4 Å². The Bertz CT molecular complexity index is 952. The lowest BCUT2D eigenvalue weighted by Crippen LogP contribution is -2.49. The zero-order valence-corrected chi connectivity index (χ0v) is 16.4.